The largest absolute Gasteiger partial charge is 0.484 e. The molecular formula is C22H29N3O4S. The number of ether oxygens (including phenoxy) is 1. The molecule has 162 valence electrons. The van der Waals surface area contributed by atoms with E-state index >= 15 is 0 Å². The van der Waals surface area contributed by atoms with Crippen molar-refractivity contribution in [2.24, 2.45) is 0 Å². The Kier molecular flexibility index (Phi) is 7.33. The molecule has 8 heteroatoms. The fourth-order valence-corrected chi connectivity index (χ4v) is 4.74. The lowest BCUT2D eigenvalue weighted by Crippen LogP contribution is -2.50. The average molecular weight is 432 g/mol. The number of hydrogen-bond donors (Lipinski definition) is 1. The van der Waals surface area contributed by atoms with Crippen molar-refractivity contribution in [2.45, 2.75) is 13.8 Å². The zero-order valence-electron chi connectivity index (χ0n) is 17.5. The summed E-state index contributed by atoms with van der Waals surface area (Å²) in [7, 11) is -3.41. The number of carbonyl (C=O) groups is 1. The number of hydrogen-bond acceptors (Lipinski definition) is 5. The third kappa shape index (κ3) is 6.21. The van der Waals surface area contributed by atoms with Crippen LogP contribution in [0.2, 0.25) is 0 Å². The van der Waals surface area contributed by atoms with Gasteiger partial charge in [0.1, 0.15) is 5.75 Å². The molecule has 0 atom stereocenters. The minimum atomic E-state index is -3.41. The molecule has 1 aliphatic heterocycles. The first-order valence-electron chi connectivity index (χ1n) is 10.1. The SMILES string of the molecule is Cc1cccc(OCC(=O)NCCS(=O)(=O)N2CCN(c3cccc(C)c3)CC2)c1. The maximum absolute atomic E-state index is 12.6. The van der Waals surface area contributed by atoms with Crippen molar-refractivity contribution in [1.29, 1.82) is 0 Å². The Hall–Kier alpha value is -2.58. The van der Waals surface area contributed by atoms with Crippen molar-refractivity contribution in [3.8, 4) is 5.75 Å². The van der Waals surface area contributed by atoms with Gasteiger partial charge in [0.25, 0.3) is 5.91 Å². The van der Waals surface area contributed by atoms with Gasteiger partial charge in [-0.1, -0.05) is 24.3 Å². The zero-order chi connectivity index (χ0) is 21.6. The van der Waals surface area contributed by atoms with E-state index in [-0.39, 0.29) is 24.8 Å². The maximum atomic E-state index is 12.6. The molecule has 0 saturated carbocycles. The molecular weight excluding hydrogens is 402 g/mol. The van der Waals surface area contributed by atoms with Crippen molar-refractivity contribution < 1.29 is 17.9 Å². The average Bonchev–Trinajstić information content (AvgIpc) is 2.72. The Morgan fingerprint density at radius 2 is 1.67 bits per heavy atom. The predicted molar refractivity (Wildman–Crippen MR) is 118 cm³/mol. The Bertz CT molecular complexity index is 970. The number of anilines is 1. The van der Waals surface area contributed by atoms with E-state index in [2.05, 4.69) is 16.3 Å². The lowest BCUT2D eigenvalue weighted by Gasteiger charge is -2.35. The van der Waals surface area contributed by atoms with E-state index in [0.717, 1.165) is 11.3 Å². The van der Waals surface area contributed by atoms with Crippen LogP contribution in [-0.2, 0) is 14.8 Å². The third-order valence-electron chi connectivity index (χ3n) is 5.04. The summed E-state index contributed by atoms with van der Waals surface area (Å²) >= 11 is 0. The maximum Gasteiger partial charge on any atom is 0.257 e. The molecule has 1 fully saturated rings. The summed E-state index contributed by atoms with van der Waals surface area (Å²) in [5.41, 5.74) is 3.35. The molecule has 2 aromatic carbocycles. The smallest absolute Gasteiger partial charge is 0.257 e. The first-order chi connectivity index (χ1) is 14.3. The summed E-state index contributed by atoms with van der Waals surface area (Å²) in [6.45, 7) is 6.11. The molecule has 1 heterocycles. The summed E-state index contributed by atoms with van der Waals surface area (Å²) in [6.07, 6.45) is 0. The highest BCUT2D eigenvalue weighted by Gasteiger charge is 2.26. The van der Waals surface area contributed by atoms with E-state index < -0.39 is 10.0 Å². The lowest BCUT2D eigenvalue weighted by molar-refractivity contribution is -0.122. The van der Waals surface area contributed by atoms with Gasteiger partial charge in [-0.3, -0.25) is 4.79 Å². The highest BCUT2D eigenvalue weighted by Crippen LogP contribution is 2.19. The monoisotopic (exact) mass is 431 g/mol. The van der Waals surface area contributed by atoms with E-state index in [1.54, 1.807) is 6.07 Å². The van der Waals surface area contributed by atoms with Crippen molar-refractivity contribution in [1.82, 2.24) is 9.62 Å². The fourth-order valence-electron chi connectivity index (χ4n) is 3.40. The molecule has 30 heavy (non-hydrogen) atoms. The second kappa shape index (κ2) is 9.95. The molecule has 0 radical (unpaired) electrons. The molecule has 0 bridgehead atoms. The summed E-state index contributed by atoms with van der Waals surface area (Å²) in [6, 6.07) is 15.6. The molecule has 7 nitrogen and oxygen atoms in total. The minimum absolute atomic E-state index is 0.0659. The second-order valence-corrected chi connectivity index (χ2v) is 9.58. The number of aryl methyl sites for hydroxylation is 2. The quantitative estimate of drug-likeness (QED) is 0.691. The van der Waals surface area contributed by atoms with Gasteiger partial charge in [-0.05, 0) is 49.2 Å². The van der Waals surface area contributed by atoms with Gasteiger partial charge in [0.15, 0.2) is 6.61 Å². The number of nitrogens with zero attached hydrogens (tertiary/aromatic N) is 2. The van der Waals surface area contributed by atoms with Crippen LogP contribution in [-0.4, -0.2) is 63.7 Å². The van der Waals surface area contributed by atoms with Gasteiger partial charge in [-0.15, -0.1) is 0 Å². The Morgan fingerprint density at radius 3 is 2.33 bits per heavy atom. The molecule has 1 amide bonds. The van der Waals surface area contributed by atoms with E-state index in [1.807, 2.05) is 50.2 Å². The molecule has 0 aromatic heterocycles. The summed E-state index contributed by atoms with van der Waals surface area (Å²) in [4.78, 5) is 14.1. The van der Waals surface area contributed by atoms with Crippen molar-refractivity contribution in [3.05, 3.63) is 59.7 Å². The molecule has 3 rings (SSSR count). The van der Waals surface area contributed by atoms with E-state index in [4.69, 9.17) is 4.74 Å². The van der Waals surface area contributed by atoms with Gasteiger partial charge in [-0.25, -0.2) is 8.42 Å². The number of piperazine rings is 1. The molecule has 2 aromatic rings. The van der Waals surface area contributed by atoms with E-state index in [1.165, 1.54) is 9.87 Å². The Morgan fingerprint density at radius 1 is 1.00 bits per heavy atom. The minimum Gasteiger partial charge on any atom is -0.484 e. The number of rotatable bonds is 8. The molecule has 0 spiro atoms. The zero-order valence-corrected chi connectivity index (χ0v) is 18.3. The van der Waals surface area contributed by atoms with Gasteiger partial charge < -0.3 is 15.0 Å². The van der Waals surface area contributed by atoms with Crippen LogP contribution in [0, 0.1) is 13.8 Å². The standard InChI is InChI=1S/C22H29N3O4S/c1-18-5-3-7-20(15-18)24-10-12-25(13-11-24)30(27,28)14-9-23-22(26)17-29-21-8-4-6-19(2)16-21/h3-8,15-16H,9-14,17H2,1-2H3,(H,23,26). The van der Waals surface area contributed by atoms with Crippen molar-refractivity contribution in [3.63, 3.8) is 0 Å². The molecule has 0 aliphatic carbocycles. The van der Waals surface area contributed by atoms with Crippen LogP contribution in [0.5, 0.6) is 5.75 Å². The summed E-state index contributed by atoms with van der Waals surface area (Å²) < 4.78 is 32.2. The number of carbonyl (C=O) groups excluding carboxylic acids is 1. The van der Waals surface area contributed by atoms with Gasteiger partial charge in [0.2, 0.25) is 10.0 Å². The van der Waals surface area contributed by atoms with Gasteiger partial charge >= 0.3 is 0 Å². The van der Waals surface area contributed by atoms with Crippen molar-refractivity contribution in [2.75, 3.05) is 50.0 Å². The summed E-state index contributed by atoms with van der Waals surface area (Å²) in [5, 5.41) is 2.62. The molecule has 0 unspecified atom stereocenters. The first kappa shape index (κ1) is 22.1. The van der Waals surface area contributed by atoms with Crippen LogP contribution < -0.4 is 15.0 Å². The topological polar surface area (TPSA) is 78.9 Å². The summed E-state index contributed by atoms with van der Waals surface area (Å²) in [5.74, 6) is 0.161. The molecule has 1 aliphatic rings. The van der Waals surface area contributed by atoms with Crippen molar-refractivity contribution >= 4 is 21.6 Å². The van der Waals surface area contributed by atoms with Crippen LogP contribution in [0.4, 0.5) is 5.69 Å². The molecule has 1 saturated heterocycles. The van der Waals surface area contributed by atoms with E-state index in [9.17, 15) is 13.2 Å². The van der Waals surface area contributed by atoms with Crippen LogP contribution in [0.3, 0.4) is 0 Å². The first-order valence-corrected chi connectivity index (χ1v) is 11.7. The van der Waals surface area contributed by atoms with E-state index in [0.29, 0.717) is 31.9 Å². The number of amides is 1. The number of nitrogens with one attached hydrogen (secondary N) is 1. The molecule has 1 N–H and O–H groups in total. The second-order valence-electron chi connectivity index (χ2n) is 7.50. The van der Waals surface area contributed by atoms with Gasteiger partial charge in [0.05, 0.1) is 5.75 Å². The highest BCUT2D eigenvalue weighted by atomic mass is 32.2. The Balaban J connectivity index is 1.40. The highest BCUT2D eigenvalue weighted by molar-refractivity contribution is 7.89. The van der Waals surface area contributed by atoms with Crippen LogP contribution in [0.15, 0.2) is 48.5 Å². The Labute approximate surface area is 178 Å². The van der Waals surface area contributed by atoms with Crippen LogP contribution in [0.1, 0.15) is 11.1 Å². The van der Waals surface area contributed by atoms with Gasteiger partial charge in [0, 0.05) is 38.4 Å². The predicted octanol–water partition coefficient (Wildman–Crippen LogP) is 1.95. The third-order valence-corrected chi connectivity index (χ3v) is 6.91. The normalized spacial score (nSPS) is 15.1. The van der Waals surface area contributed by atoms with Crippen LogP contribution in [0.25, 0.3) is 0 Å². The number of benzene rings is 2. The van der Waals surface area contributed by atoms with Crippen LogP contribution >= 0.6 is 0 Å². The number of sulfonamides is 1. The fraction of sp³-hybridized carbons (Fsp3) is 0.409. The van der Waals surface area contributed by atoms with Gasteiger partial charge in [-0.2, -0.15) is 4.31 Å². The lowest BCUT2D eigenvalue weighted by atomic mass is 10.2.